The molecule has 35 heavy (non-hydrogen) atoms. The molecule has 182 valence electrons. The number of nitrogens with one attached hydrogen (secondary N) is 1. The molecule has 8 nitrogen and oxygen atoms in total. The van der Waals surface area contributed by atoms with Crippen LogP contribution in [0.25, 0.3) is 5.65 Å². The first-order valence-electron chi connectivity index (χ1n) is 13.0. The summed E-state index contributed by atoms with van der Waals surface area (Å²) in [6.07, 6.45) is 5.53. The van der Waals surface area contributed by atoms with Gasteiger partial charge in [0.2, 0.25) is 5.91 Å². The van der Waals surface area contributed by atoms with Crippen LogP contribution < -0.4 is 10.2 Å². The molecule has 1 aromatic carbocycles. The molecule has 0 saturated carbocycles. The van der Waals surface area contributed by atoms with E-state index >= 15 is 0 Å². The second kappa shape index (κ2) is 8.03. The Kier molecular flexibility index (Phi) is 4.89. The molecule has 0 aliphatic carbocycles. The number of hydrogen-bond acceptors (Lipinski definition) is 6. The van der Waals surface area contributed by atoms with E-state index < -0.39 is 0 Å². The third-order valence-corrected chi connectivity index (χ3v) is 8.50. The van der Waals surface area contributed by atoms with E-state index in [0.717, 1.165) is 82.0 Å². The van der Waals surface area contributed by atoms with Crippen LogP contribution in [-0.4, -0.2) is 64.7 Å². The number of carbonyl (C=O) groups is 1. The van der Waals surface area contributed by atoms with Gasteiger partial charge in [-0.1, -0.05) is 24.3 Å². The van der Waals surface area contributed by atoms with Crippen molar-refractivity contribution in [2.75, 3.05) is 44.2 Å². The van der Waals surface area contributed by atoms with Crippen molar-refractivity contribution in [3.63, 3.8) is 0 Å². The molecule has 1 amide bonds. The number of fused-ring (bicyclic) bond motifs is 4. The van der Waals surface area contributed by atoms with E-state index in [1.165, 1.54) is 22.4 Å². The van der Waals surface area contributed by atoms with Crippen molar-refractivity contribution in [2.24, 2.45) is 5.92 Å². The minimum Gasteiger partial charge on any atom is -0.365 e. The number of carbonyl (C=O) groups excluding carboxylic acids is 1. The smallest absolute Gasteiger partial charge is 0.229 e. The summed E-state index contributed by atoms with van der Waals surface area (Å²) in [6.45, 7) is 7.69. The number of rotatable bonds is 2. The SMILES string of the molecule is Cc1cnn2c(N3CC(C(=O)N4CCC5(CC4)OCc4ccccc45)C3)c3c(nc12)CCNCC3. The summed E-state index contributed by atoms with van der Waals surface area (Å²) in [5.74, 6) is 1.47. The molecule has 8 heteroatoms. The van der Waals surface area contributed by atoms with Crippen molar-refractivity contribution in [3.8, 4) is 0 Å². The average Bonchev–Trinajstić information content (AvgIpc) is 3.29. The minimum atomic E-state index is -0.203. The van der Waals surface area contributed by atoms with Crippen LogP contribution in [-0.2, 0) is 34.6 Å². The molecule has 0 bridgehead atoms. The Hall–Kier alpha value is -2.97. The van der Waals surface area contributed by atoms with E-state index in [-0.39, 0.29) is 17.4 Å². The van der Waals surface area contributed by atoms with E-state index in [4.69, 9.17) is 9.72 Å². The summed E-state index contributed by atoms with van der Waals surface area (Å²) in [5.41, 5.74) is 6.92. The van der Waals surface area contributed by atoms with Crippen LogP contribution >= 0.6 is 0 Å². The number of hydrogen-bond donors (Lipinski definition) is 1. The Morgan fingerprint density at radius 2 is 1.94 bits per heavy atom. The predicted molar refractivity (Wildman–Crippen MR) is 132 cm³/mol. The number of aryl methyl sites for hydroxylation is 1. The van der Waals surface area contributed by atoms with Crippen LogP contribution in [0.15, 0.2) is 30.5 Å². The number of ether oxygens (including phenoxy) is 1. The van der Waals surface area contributed by atoms with Gasteiger partial charge < -0.3 is 19.9 Å². The molecule has 2 aromatic heterocycles. The Morgan fingerprint density at radius 1 is 1.14 bits per heavy atom. The van der Waals surface area contributed by atoms with Crippen LogP contribution in [0.3, 0.4) is 0 Å². The van der Waals surface area contributed by atoms with E-state index in [0.29, 0.717) is 6.61 Å². The lowest BCUT2D eigenvalue weighted by atomic mass is 9.83. The second-order valence-electron chi connectivity index (χ2n) is 10.5. The molecule has 7 rings (SSSR count). The van der Waals surface area contributed by atoms with Gasteiger partial charge >= 0.3 is 0 Å². The molecule has 2 fully saturated rings. The van der Waals surface area contributed by atoms with Gasteiger partial charge in [-0.3, -0.25) is 4.79 Å². The lowest BCUT2D eigenvalue weighted by Crippen LogP contribution is -2.57. The summed E-state index contributed by atoms with van der Waals surface area (Å²) >= 11 is 0. The largest absolute Gasteiger partial charge is 0.365 e. The highest BCUT2D eigenvalue weighted by Crippen LogP contribution is 2.44. The average molecular weight is 473 g/mol. The highest BCUT2D eigenvalue weighted by Gasteiger charge is 2.45. The zero-order valence-corrected chi connectivity index (χ0v) is 20.3. The van der Waals surface area contributed by atoms with Crippen molar-refractivity contribution in [1.82, 2.24) is 24.8 Å². The van der Waals surface area contributed by atoms with E-state index in [9.17, 15) is 4.79 Å². The fourth-order valence-electron chi connectivity index (χ4n) is 6.45. The number of nitrogens with zero attached hydrogens (tertiary/aromatic N) is 5. The first kappa shape index (κ1) is 21.3. The topological polar surface area (TPSA) is 75.0 Å². The first-order valence-corrected chi connectivity index (χ1v) is 13.0. The second-order valence-corrected chi connectivity index (χ2v) is 10.5. The van der Waals surface area contributed by atoms with Crippen LogP contribution in [0.5, 0.6) is 0 Å². The third kappa shape index (κ3) is 3.30. The molecule has 4 aliphatic rings. The van der Waals surface area contributed by atoms with Crippen LogP contribution in [0.4, 0.5) is 5.82 Å². The maximum absolute atomic E-state index is 13.4. The Labute approximate surface area is 205 Å². The molecular formula is C27H32N6O2. The van der Waals surface area contributed by atoms with Gasteiger partial charge in [-0.25, -0.2) is 4.98 Å². The van der Waals surface area contributed by atoms with Gasteiger partial charge in [0.25, 0.3) is 0 Å². The highest BCUT2D eigenvalue weighted by atomic mass is 16.5. The zero-order valence-electron chi connectivity index (χ0n) is 20.3. The van der Waals surface area contributed by atoms with Crippen molar-refractivity contribution >= 4 is 17.4 Å². The number of amides is 1. The number of aromatic nitrogens is 3. The molecular weight excluding hydrogens is 440 g/mol. The lowest BCUT2D eigenvalue weighted by Gasteiger charge is -2.45. The molecule has 2 saturated heterocycles. The van der Waals surface area contributed by atoms with Crippen molar-refractivity contribution in [2.45, 2.75) is 44.8 Å². The van der Waals surface area contributed by atoms with Gasteiger partial charge in [-0.2, -0.15) is 9.61 Å². The van der Waals surface area contributed by atoms with Crippen LogP contribution in [0.2, 0.25) is 0 Å². The summed E-state index contributed by atoms with van der Waals surface area (Å²) in [4.78, 5) is 22.8. The van der Waals surface area contributed by atoms with E-state index in [2.05, 4.69) is 51.4 Å². The summed E-state index contributed by atoms with van der Waals surface area (Å²) in [5, 5.41) is 8.16. The molecule has 0 unspecified atom stereocenters. The highest BCUT2D eigenvalue weighted by molar-refractivity contribution is 5.82. The van der Waals surface area contributed by atoms with Gasteiger partial charge in [0.15, 0.2) is 5.65 Å². The fourth-order valence-corrected chi connectivity index (χ4v) is 6.45. The maximum atomic E-state index is 13.4. The van der Waals surface area contributed by atoms with E-state index in [1.807, 2.05) is 10.7 Å². The maximum Gasteiger partial charge on any atom is 0.229 e. The number of anilines is 1. The molecule has 1 spiro atoms. The van der Waals surface area contributed by atoms with Crippen LogP contribution in [0, 0.1) is 12.8 Å². The lowest BCUT2D eigenvalue weighted by molar-refractivity contribution is -0.143. The summed E-state index contributed by atoms with van der Waals surface area (Å²) in [7, 11) is 0. The molecule has 6 heterocycles. The van der Waals surface area contributed by atoms with Gasteiger partial charge in [-0.05, 0) is 43.9 Å². The Morgan fingerprint density at radius 3 is 2.80 bits per heavy atom. The first-order chi connectivity index (χ1) is 17.1. The van der Waals surface area contributed by atoms with Gasteiger partial charge in [-0.15, -0.1) is 0 Å². The molecule has 0 radical (unpaired) electrons. The molecule has 1 N–H and O–H groups in total. The summed E-state index contributed by atoms with van der Waals surface area (Å²) in [6, 6.07) is 8.55. The number of benzene rings is 1. The quantitative estimate of drug-likeness (QED) is 0.617. The fraction of sp³-hybridized carbons (Fsp3) is 0.519. The molecule has 4 aliphatic heterocycles. The zero-order chi connectivity index (χ0) is 23.6. The van der Waals surface area contributed by atoms with E-state index in [1.54, 1.807) is 0 Å². The molecule has 0 atom stereocenters. The monoisotopic (exact) mass is 472 g/mol. The van der Waals surface area contributed by atoms with Crippen molar-refractivity contribution < 1.29 is 9.53 Å². The number of piperidine rings is 1. The summed E-state index contributed by atoms with van der Waals surface area (Å²) < 4.78 is 8.29. The Balaban J connectivity index is 1.07. The minimum absolute atomic E-state index is 0.0419. The van der Waals surface area contributed by atoms with Gasteiger partial charge in [0, 0.05) is 50.3 Å². The van der Waals surface area contributed by atoms with Crippen molar-refractivity contribution in [1.29, 1.82) is 0 Å². The third-order valence-electron chi connectivity index (χ3n) is 8.50. The normalized spacial score (nSPS) is 21.6. The van der Waals surface area contributed by atoms with Crippen molar-refractivity contribution in [3.05, 3.63) is 58.4 Å². The predicted octanol–water partition coefficient (Wildman–Crippen LogP) is 2.21. The Bertz CT molecular complexity index is 1300. The van der Waals surface area contributed by atoms with Gasteiger partial charge in [0.05, 0.1) is 30.0 Å². The standard InChI is InChI=1S/C27H32N6O2/c1-18-14-29-33-24(18)30-23-7-11-28-10-6-21(23)25(33)32-15-20(16-32)26(34)31-12-8-27(9-13-31)22-5-3-2-4-19(22)17-35-27/h2-5,14,20,28H,6-13,15-17H2,1H3. The van der Waals surface area contributed by atoms with Gasteiger partial charge in [0.1, 0.15) is 5.82 Å². The van der Waals surface area contributed by atoms with Crippen LogP contribution in [0.1, 0.15) is 40.8 Å². The number of likely N-dealkylation sites (tertiary alicyclic amines) is 1. The molecule has 3 aromatic rings.